The highest BCUT2D eigenvalue weighted by Crippen LogP contribution is 2.31. The Morgan fingerprint density at radius 3 is 2.43 bits per heavy atom. The monoisotopic (exact) mass is 572 g/mol. The van der Waals surface area contributed by atoms with Gasteiger partial charge in [-0.2, -0.15) is 25.1 Å². The molecular weight excluding hydrogens is 544 g/mol. The van der Waals surface area contributed by atoms with Crippen molar-refractivity contribution in [2.45, 2.75) is 33.7 Å². The minimum atomic E-state index is -0.367. The predicted molar refractivity (Wildman–Crippen MR) is 153 cm³/mol. The summed E-state index contributed by atoms with van der Waals surface area (Å²) < 4.78 is 4.32. The van der Waals surface area contributed by atoms with Crippen molar-refractivity contribution in [3.63, 3.8) is 0 Å². The molecule has 5 rings (SSSR count). The fourth-order valence-electron chi connectivity index (χ4n) is 4.22. The van der Waals surface area contributed by atoms with Gasteiger partial charge in [-0.15, -0.1) is 10.2 Å². The number of anilines is 3. The second-order valence-electron chi connectivity index (χ2n) is 9.46. The molecule has 1 aliphatic rings. The fourth-order valence-corrected chi connectivity index (χ4v) is 4.22. The summed E-state index contributed by atoms with van der Waals surface area (Å²) in [5.41, 5.74) is 14.3. The molecule has 216 valence electrons. The van der Waals surface area contributed by atoms with Crippen LogP contribution in [0.3, 0.4) is 0 Å². The van der Waals surface area contributed by atoms with Gasteiger partial charge >= 0.3 is 0 Å². The van der Waals surface area contributed by atoms with Gasteiger partial charge in [0.15, 0.2) is 52.2 Å². The van der Waals surface area contributed by atoms with Crippen molar-refractivity contribution >= 4 is 52.1 Å². The third kappa shape index (κ3) is 4.89. The highest BCUT2D eigenvalue weighted by molar-refractivity contribution is 6.48. The lowest BCUT2D eigenvalue weighted by molar-refractivity contribution is 0.101. The average molecular weight is 573 g/mol. The van der Waals surface area contributed by atoms with E-state index in [1.807, 2.05) is 6.92 Å². The predicted octanol–water partition coefficient (Wildman–Crippen LogP) is 2.00. The van der Waals surface area contributed by atoms with E-state index in [1.54, 1.807) is 27.1 Å². The van der Waals surface area contributed by atoms with Crippen molar-refractivity contribution in [2.75, 3.05) is 16.2 Å². The topological polar surface area (TPSA) is 228 Å². The number of rotatable bonds is 8. The Hall–Kier alpha value is -5.65. The SMILES string of the molecule is CC(=O)c1cnn(C)c1N=Nc1c(C)nn(-c2cc(N3NC(C)C(=NNc4c(C(C)=O)cnn4C)C3=N)ncn2)c1N. The molecule has 0 aromatic carbocycles. The van der Waals surface area contributed by atoms with E-state index >= 15 is 0 Å². The molecular formula is C24H28N16O2. The van der Waals surface area contributed by atoms with Crippen LogP contribution in [0.15, 0.2) is 40.1 Å². The van der Waals surface area contributed by atoms with Gasteiger partial charge in [-0.25, -0.2) is 25.1 Å². The standard InChI is InChI=1S/C24H28N16O2/c1-11-19(31-33-23-15(13(3)41)8-29-37(23)5)21(25)39(35-11)17-7-18(28-10-27-17)40-22(26)20(12(2)36-40)32-34-24-16(14(4)42)9-30-38(24)6/h7-11,25,33,35H,26H2,1-6H3. The third-order valence-corrected chi connectivity index (χ3v) is 6.48. The molecule has 0 bridgehead atoms. The number of hydrazine groups is 1. The second-order valence-corrected chi connectivity index (χ2v) is 9.46. The molecule has 18 nitrogen and oxygen atoms in total. The number of nitrogens with zero attached hydrogens (tertiary/aromatic N) is 12. The van der Waals surface area contributed by atoms with Crippen molar-refractivity contribution in [3.05, 3.63) is 41.6 Å². The van der Waals surface area contributed by atoms with Crippen molar-refractivity contribution in [3.8, 4) is 5.82 Å². The number of ketones is 2. The van der Waals surface area contributed by atoms with Gasteiger partial charge in [0.1, 0.15) is 12.0 Å². The average Bonchev–Trinajstić information content (AvgIpc) is 3.66. The van der Waals surface area contributed by atoms with Crippen molar-refractivity contribution in [1.82, 2.24) is 44.7 Å². The minimum absolute atomic E-state index is 0.0303. The lowest BCUT2D eigenvalue weighted by Crippen LogP contribution is -2.37. The molecule has 1 aliphatic heterocycles. The highest BCUT2D eigenvalue weighted by Gasteiger charge is 2.33. The fraction of sp³-hybridized carbons (Fsp3) is 0.292. The smallest absolute Gasteiger partial charge is 0.183 e. The maximum Gasteiger partial charge on any atom is 0.183 e. The van der Waals surface area contributed by atoms with Gasteiger partial charge in [0.2, 0.25) is 0 Å². The molecule has 0 saturated carbocycles. The normalized spacial score (nSPS) is 16.2. The van der Waals surface area contributed by atoms with Crippen LogP contribution in [0.5, 0.6) is 0 Å². The minimum Gasteiger partial charge on any atom is -0.382 e. The molecule has 4 aromatic rings. The van der Waals surface area contributed by atoms with Crippen molar-refractivity contribution in [1.29, 1.82) is 5.41 Å². The van der Waals surface area contributed by atoms with E-state index in [0.29, 0.717) is 51.5 Å². The maximum atomic E-state index is 11.9. The summed E-state index contributed by atoms with van der Waals surface area (Å²) in [4.78, 5) is 32.4. The molecule has 4 aromatic heterocycles. The van der Waals surface area contributed by atoms with Crippen LogP contribution in [0, 0.1) is 12.3 Å². The zero-order chi connectivity index (χ0) is 30.3. The van der Waals surface area contributed by atoms with E-state index in [-0.39, 0.29) is 29.3 Å². The maximum absolute atomic E-state index is 11.9. The molecule has 1 saturated heterocycles. The lowest BCUT2D eigenvalue weighted by Gasteiger charge is -2.17. The van der Waals surface area contributed by atoms with Gasteiger partial charge in [-0.1, -0.05) is 0 Å². The van der Waals surface area contributed by atoms with Gasteiger partial charge < -0.3 is 5.73 Å². The van der Waals surface area contributed by atoms with Crippen LogP contribution < -0.4 is 21.6 Å². The first-order valence-electron chi connectivity index (χ1n) is 12.6. The number of carbonyl (C=O) groups is 2. The van der Waals surface area contributed by atoms with Crippen molar-refractivity contribution < 1.29 is 9.59 Å². The number of hydrogen-bond acceptors (Lipinski definition) is 14. The van der Waals surface area contributed by atoms with Crippen LogP contribution >= 0.6 is 0 Å². The number of hydrazone groups is 1. The summed E-state index contributed by atoms with van der Waals surface area (Å²) in [6.45, 7) is 6.41. The van der Waals surface area contributed by atoms with Crippen LogP contribution in [0.4, 0.5) is 29.0 Å². The summed E-state index contributed by atoms with van der Waals surface area (Å²) >= 11 is 0. The number of carbonyl (C=O) groups excluding carboxylic acids is 2. The third-order valence-electron chi connectivity index (χ3n) is 6.48. The summed E-state index contributed by atoms with van der Waals surface area (Å²) in [7, 11) is 3.34. The highest BCUT2D eigenvalue weighted by atomic mass is 16.1. The van der Waals surface area contributed by atoms with E-state index in [9.17, 15) is 9.59 Å². The van der Waals surface area contributed by atoms with E-state index in [4.69, 9.17) is 11.1 Å². The number of nitrogens with one attached hydrogen (secondary N) is 3. The molecule has 0 spiro atoms. The van der Waals surface area contributed by atoms with E-state index < -0.39 is 0 Å². The Bertz CT molecular complexity index is 1790. The van der Waals surface area contributed by atoms with E-state index in [2.05, 4.69) is 51.4 Å². The molecule has 0 amide bonds. The number of azo groups is 1. The number of aryl methyl sites for hydroxylation is 3. The van der Waals surface area contributed by atoms with Gasteiger partial charge in [0.05, 0.1) is 35.3 Å². The van der Waals surface area contributed by atoms with Crippen LogP contribution in [0.1, 0.15) is 47.2 Å². The Labute approximate surface area is 238 Å². The van der Waals surface area contributed by atoms with Gasteiger partial charge in [-0.05, 0) is 27.7 Å². The number of nitrogens with two attached hydrogens (primary N) is 1. The molecule has 1 unspecified atom stereocenters. The molecule has 1 atom stereocenters. The summed E-state index contributed by atoms with van der Waals surface area (Å²) in [6.07, 6.45) is 4.20. The number of hydrogen-bond donors (Lipinski definition) is 4. The summed E-state index contributed by atoms with van der Waals surface area (Å²) in [5, 5.41) is 35.6. The van der Waals surface area contributed by atoms with Crippen LogP contribution in [0.25, 0.3) is 5.82 Å². The lowest BCUT2D eigenvalue weighted by atomic mass is 10.2. The molecule has 42 heavy (non-hydrogen) atoms. The molecule has 1 fully saturated rings. The number of amidine groups is 1. The first-order chi connectivity index (χ1) is 20.0. The number of aromatic nitrogens is 8. The Morgan fingerprint density at radius 1 is 1.05 bits per heavy atom. The molecule has 18 heteroatoms. The quantitative estimate of drug-likeness (QED) is 0.135. The second kappa shape index (κ2) is 10.7. The zero-order valence-electron chi connectivity index (χ0n) is 23.6. The molecule has 0 radical (unpaired) electrons. The first kappa shape index (κ1) is 27.9. The Kier molecular flexibility index (Phi) is 7.13. The Morgan fingerprint density at radius 2 is 1.71 bits per heavy atom. The van der Waals surface area contributed by atoms with E-state index in [0.717, 1.165) is 0 Å². The van der Waals surface area contributed by atoms with Crippen LogP contribution in [-0.2, 0) is 14.1 Å². The van der Waals surface area contributed by atoms with E-state index in [1.165, 1.54) is 51.6 Å². The van der Waals surface area contributed by atoms with Gasteiger partial charge in [-0.3, -0.25) is 25.1 Å². The van der Waals surface area contributed by atoms with Gasteiger partial charge in [0.25, 0.3) is 0 Å². The summed E-state index contributed by atoms with van der Waals surface area (Å²) in [5.74, 6) is 1.20. The van der Waals surface area contributed by atoms with Gasteiger partial charge in [0, 0.05) is 20.2 Å². The molecule has 5 heterocycles. The summed E-state index contributed by atoms with van der Waals surface area (Å²) in [6, 6.07) is 1.23. The van der Waals surface area contributed by atoms with Crippen molar-refractivity contribution in [2.24, 2.45) is 29.4 Å². The largest absolute Gasteiger partial charge is 0.382 e. The number of Topliss-reactive ketones (excluding diaryl/α,β-unsaturated/α-hetero) is 2. The first-order valence-corrected chi connectivity index (χ1v) is 12.6. The molecule has 5 N–H and O–H groups in total. The zero-order valence-corrected chi connectivity index (χ0v) is 23.6. The molecule has 0 aliphatic carbocycles. The Balaban J connectivity index is 1.41. The number of nitrogen functional groups attached to an aromatic ring is 1. The van der Waals surface area contributed by atoms with Crippen LogP contribution in [0.2, 0.25) is 0 Å². The van der Waals surface area contributed by atoms with Crippen LogP contribution in [-0.4, -0.2) is 68.5 Å².